The summed E-state index contributed by atoms with van der Waals surface area (Å²) >= 11 is 0. The molecule has 0 bridgehead atoms. The molecule has 0 amide bonds. The molecule has 0 spiro atoms. The van der Waals surface area contributed by atoms with Gasteiger partial charge in [0.1, 0.15) is 6.29 Å². The largest absolute Gasteiger partial charge is 0.303 e. The lowest BCUT2D eigenvalue weighted by molar-refractivity contribution is -0.108. The van der Waals surface area contributed by atoms with Crippen LogP contribution < -0.4 is 0 Å². The third kappa shape index (κ3) is 3.94. The zero-order valence-corrected chi connectivity index (χ0v) is 8.80. The number of hydrogen-bond donors (Lipinski definition) is 0. The monoisotopic (exact) mass is 200 g/mol. The Bertz CT molecular complexity index is 324. The van der Waals surface area contributed by atoms with E-state index in [2.05, 4.69) is 18.7 Å². The van der Waals surface area contributed by atoms with Crippen LogP contribution in [0.1, 0.15) is 24.3 Å². The van der Waals surface area contributed by atoms with Crippen molar-refractivity contribution in [2.24, 2.45) is 0 Å². The third-order valence-electron chi connectivity index (χ3n) is 2.34. The molecule has 1 aromatic rings. The molecule has 0 heterocycles. The maximum Gasteiger partial charge on any atom is 0.120 e. The summed E-state index contributed by atoms with van der Waals surface area (Å²) in [6.07, 6.45) is 8.16. The van der Waals surface area contributed by atoms with E-state index in [0.717, 1.165) is 12.7 Å². The van der Waals surface area contributed by atoms with Gasteiger partial charge in [-0.1, -0.05) is 55.1 Å². The molecule has 78 valence electrons. The van der Waals surface area contributed by atoms with Crippen molar-refractivity contribution in [1.82, 2.24) is 0 Å². The van der Waals surface area contributed by atoms with Crippen LogP contribution in [-0.2, 0) is 4.79 Å². The highest BCUT2D eigenvalue weighted by atomic mass is 16.1. The first-order valence-electron chi connectivity index (χ1n) is 5.14. The zero-order valence-electron chi connectivity index (χ0n) is 8.80. The van der Waals surface area contributed by atoms with Crippen molar-refractivity contribution >= 4 is 6.29 Å². The highest BCUT2D eigenvalue weighted by Crippen LogP contribution is 2.22. The summed E-state index contributed by atoms with van der Waals surface area (Å²) in [5, 5.41) is 0. The molecule has 15 heavy (non-hydrogen) atoms. The molecule has 0 N–H and O–H groups in total. The molecule has 0 aliphatic rings. The summed E-state index contributed by atoms with van der Waals surface area (Å²) < 4.78 is 0. The fourth-order valence-corrected chi connectivity index (χ4v) is 1.55. The molecule has 0 saturated heterocycles. The van der Waals surface area contributed by atoms with Crippen LogP contribution in [0.15, 0.2) is 55.1 Å². The van der Waals surface area contributed by atoms with Crippen molar-refractivity contribution in [3.05, 3.63) is 60.7 Å². The van der Waals surface area contributed by atoms with Crippen LogP contribution in [0.5, 0.6) is 0 Å². The van der Waals surface area contributed by atoms with Crippen molar-refractivity contribution in [2.45, 2.75) is 18.8 Å². The van der Waals surface area contributed by atoms with Gasteiger partial charge in [-0.05, 0) is 17.9 Å². The molecule has 1 nitrogen and oxygen atoms in total. The van der Waals surface area contributed by atoms with E-state index < -0.39 is 0 Å². The van der Waals surface area contributed by atoms with E-state index in [1.807, 2.05) is 30.4 Å². The summed E-state index contributed by atoms with van der Waals surface area (Å²) in [6.45, 7) is 3.62. The third-order valence-corrected chi connectivity index (χ3v) is 2.34. The maximum absolute atomic E-state index is 10.6. The molecule has 0 saturated carbocycles. The van der Waals surface area contributed by atoms with Crippen LogP contribution in [-0.4, -0.2) is 6.29 Å². The summed E-state index contributed by atoms with van der Waals surface area (Å²) in [5.74, 6) is 0.292. The molecule has 1 atom stereocenters. The highest BCUT2D eigenvalue weighted by Gasteiger charge is 2.08. The van der Waals surface area contributed by atoms with Gasteiger partial charge in [-0.3, -0.25) is 0 Å². The lowest BCUT2D eigenvalue weighted by Gasteiger charge is -2.11. The smallest absolute Gasteiger partial charge is 0.120 e. The Hall–Kier alpha value is -1.63. The Morgan fingerprint density at radius 3 is 2.53 bits per heavy atom. The first-order valence-corrected chi connectivity index (χ1v) is 5.14. The number of carbonyl (C=O) groups excluding carboxylic acids is 1. The molecule has 0 fully saturated rings. The van der Waals surface area contributed by atoms with E-state index in [1.165, 1.54) is 5.56 Å². The van der Waals surface area contributed by atoms with Crippen molar-refractivity contribution in [3.63, 3.8) is 0 Å². The minimum Gasteiger partial charge on any atom is -0.303 e. The number of allylic oxidation sites excluding steroid dienone is 3. The van der Waals surface area contributed by atoms with Gasteiger partial charge in [-0.25, -0.2) is 0 Å². The van der Waals surface area contributed by atoms with Crippen LogP contribution in [0.3, 0.4) is 0 Å². The Morgan fingerprint density at radius 1 is 1.20 bits per heavy atom. The highest BCUT2D eigenvalue weighted by molar-refractivity contribution is 5.51. The number of benzene rings is 1. The Kier molecular flexibility index (Phi) is 5.16. The Morgan fingerprint density at radius 2 is 1.93 bits per heavy atom. The van der Waals surface area contributed by atoms with Crippen LogP contribution in [0.4, 0.5) is 0 Å². The maximum atomic E-state index is 10.6. The summed E-state index contributed by atoms with van der Waals surface area (Å²) in [6, 6.07) is 10.1. The molecule has 1 aromatic carbocycles. The van der Waals surface area contributed by atoms with Gasteiger partial charge >= 0.3 is 0 Å². The Labute approximate surface area is 91.1 Å². The first kappa shape index (κ1) is 11.4. The predicted molar refractivity (Wildman–Crippen MR) is 63.8 cm³/mol. The second-order valence-electron chi connectivity index (χ2n) is 3.41. The number of rotatable bonds is 6. The number of aldehydes is 1. The Balaban J connectivity index is 2.69. The molecule has 0 aliphatic carbocycles. The van der Waals surface area contributed by atoms with E-state index in [0.29, 0.717) is 12.3 Å². The molecular weight excluding hydrogens is 184 g/mol. The molecular formula is C14H16O. The van der Waals surface area contributed by atoms with Crippen LogP contribution in [0, 0.1) is 0 Å². The molecule has 1 rings (SSSR count). The van der Waals surface area contributed by atoms with Gasteiger partial charge in [0.05, 0.1) is 0 Å². The quantitative estimate of drug-likeness (QED) is 0.507. The fraction of sp³-hybridized carbons (Fsp3) is 0.214. The van der Waals surface area contributed by atoms with Gasteiger partial charge < -0.3 is 4.79 Å². The molecule has 0 aromatic heterocycles. The second-order valence-corrected chi connectivity index (χ2v) is 3.41. The standard InChI is InChI=1S/C14H16O/c1-2-3-5-8-14(11-12-15)13-9-6-4-7-10-13/h2-7,9-10,12,14H,1,8,11H2/b5-3+. The molecule has 0 radical (unpaired) electrons. The minimum atomic E-state index is 0.292. The number of carbonyl (C=O) groups is 1. The SMILES string of the molecule is C=C/C=C/CC(CC=O)c1ccccc1. The van der Waals surface area contributed by atoms with Gasteiger partial charge in [0, 0.05) is 6.42 Å². The van der Waals surface area contributed by atoms with Crippen molar-refractivity contribution < 1.29 is 4.79 Å². The van der Waals surface area contributed by atoms with Gasteiger partial charge in [-0.2, -0.15) is 0 Å². The van der Waals surface area contributed by atoms with Crippen molar-refractivity contribution in [2.75, 3.05) is 0 Å². The number of hydrogen-bond acceptors (Lipinski definition) is 1. The average molecular weight is 200 g/mol. The lowest BCUT2D eigenvalue weighted by atomic mass is 9.93. The molecule has 0 aliphatic heterocycles. The summed E-state index contributed by atoms with van der Waals surface area (Å²) in [5.41, 5.74) is 1.22. The van der Waals surface area contributed by atoms with E-state index >= 15 is 0 Å². The van der Waals surface area contributed by atoms with E-state index in [-0.39, 0.29) is 0 Å². The average Bonchev–Trinajstić information content (AvgIpc) is 2.29. The molecule has 1 unspecified atom stereocenters. The lowest BCUT2D eigenvalue weighted by Crippen LogP contribution is -1.98. The van der Waals surface area contributed by atoms with Crippen LogP contribution in [0.2, 0.25) is 0 Å². The summed E-state index contributed by atoms with van der Waals surface area (Å²) in [7, 11) is 0. The van der Waals surface area contributed by atoms with Gasteiger partial charge in [0.2, 0.25) is 0 Å². The predicted octanol–water partition coefficient (Wildman–Crippen LogP) is 3.49. The van der Waals surface area contributed by atoms with Crippen molar-refractivity contribution in [3.8, 4) is 0 Å². The minimum absolute atomic E-state index is 0.292. The normalized spacial score (nSPS) is 12.5. The molecule has 1 heteroatoms. The van der Waals surface area contributed by atoms with Crippen LogP contribution >= 0.6 is 0 Å². The van der Waals surface area contributed by atoms with E-state index in [1.54, 1.807) is 6.08 Å². The van der Waals surface area contributed by atoms with Gasteiger partial charge in [0.25, 0.3) is 0 Å². The van der Waals surface area contributed by atoms with Crippen LogP contribution in [0.25, 0.3) is 0 Å². The van der Waals surface area contributed by atoms with Gasteiger partial charge in [-0.15, -0.1) is 0 Å². The van der Waals surface area contributed by atoms with Crippen molar-refractivity contribution in [1.29, 1.82) is 0 Å². The van der Waals surface area contributed by atoms with Gasteiger partial charge in [0.15, 0.2) is 0 Å². The second kappa shape index (κ2) is 6.77. The first-order chi connectivity index (χ1) is 7.38. The zero-order chi connectivity index (χ0) is 10.9. The van der Waals surface area contributed by atoms with E-state index in [9.17, 15) is 4.79 Å². The summed E-state index contributed by atoms with van der Waals surface area (Å²) in [4.78, 5) is 10.6. The topological polar surface area (TPSA) is 17.1 Å². The fourth-order valence-electron chi connectivity index (χ4n) is 1.55. The van der Waals surface area contributed by atoms with E-state index in [4.69, 9.17) is 0 Å².